The number of hydrogen-bond donors (Lipinski definition) is 0. The molecule has 0 atom stereocenters. The Bertz CT molecular complexity index is 859. The van der Waals surface area contributed by atoms with Gasteiger partial charge in [0.25, 0.3) is 0 Å². The summed E-state index contributed by atoms with van der Waals surface area (Å²) in [4.78, 5) is 12.5. The lowest BCUT2D eigenvalue weighted by atomic mass is 9.96. The van der Waals surface area contributed by atoms with Gasteiger partial charge in [-0.1, -0.05) is 41.9 Å². The summed E-state index contributed by atoms with van der Waals surface area (Å²) in [6.45, 7) is 0. The zero-order chi connectivity index (χ0) is 15.0. The molecular weight excluding hydrogens is 294 g/mol. The third kappa shape index (κ3) is 2.30. The maximum absolute atomic E-state index is 14.0. The fourth-order valence-electron chi connectivity index (χ4n) is 2.28. The van der Waals surface area contributed by atoms with Gasteiger partial charge in [-0.05, 0) is 29.7 Å². The van der Waals surface area contributed by atoms with Crippen molar-refractivity contribution in [2.45, 2.75) is 0 Å². The number of rotatable bonds is 2. The van der Waals surface area contributed by atoms with Crippen LogP contribution < -0.4 is 0 Å². The minimum absolute atomic E-state index is 0.118. The number of ketones is 1. The standard InChI is InChI=1S/C17H9ClF2O/c18-14-7-3-6-13(16(14)20)17(21)12-8-9-15(19)11-5-2-1-4-10(11)12/h1-9H. The molecule has 3 aromatic rings. The lowest BCUT2D eigenvalue weighted by Gasteiger charge is -2.08. The van der Waals surface area contributed by atoms with E-state index >= 15 is 0 Å². The van der Waals surface area contributed by atoms with Gasteiger partial charge in [-0.3, -0.25) is 4.79 Å². The Hall–Kier alpha value is -2.26. The van der Waals surface area contributed by atoms with Gasteiger partial charge in [0.1, 0.15) is 5.82 Å². The fraction of sp³-hybridized carbons (Fsp3) is 0. The zero-order valence-electron chi connectivity index (χ0n) is 10.7. The summed E-state index contributed by atoms with van der Waals surface area (Å²) in [6.07, 6.45) is 0. The van der Waals surface area contributed by atoms with Gasteiger partial charge in [0.2, 0.25) is 0 Å². The van der Waals surface area contributed by atoms with E-state index in [1.54, 1.807) is 24.3 Å². The lowest BCUT2D eigenvalue weighted by Crippen LogP contribution is -2.05. The number of hydrogen-bond acceptors (Lipinski definition) is 1. The van der Waals surface area contributed by atoms with E-state index in [0.29, 0.717) is 10.8 Å². The molecule has 0 aromatic heterocycles. The van der Waals surface area contributed by atoms with E-state index in [-0.39, 0.29) is 16.1 Å². The molecule has 4 heteroatoms. The van der Waals surface area contributed by atoms with Gasteiger partial charge in [0, 0.05) is 10.9 Å². The molecule has 0 fully saturated rings. The summed E-state index contributed by atoms with van der Waals surface area (Å²) in [7, 11) is 0. The van der Waals surface area contributed by atoms with Crippen molar-refractivity contribution in [1.29, 1.82) is 0 Å². The van der Waals surface area contributed by atoms with Crippen molar-refractivity contribution in [3.05, 3.63) is 82.4 Å². The molecule has 0 heterocycles. The zero-order valence-corrected chi connectivity index (χ0v) is 11.5. The van der Waals surface area contributed by atoms with Crippen LogP contribution in [0.4, 0.5) is 8.78 Å². The van der Waals surface area contributed by atoms with Gasteiger partial charge >= 0.3 is 0 Å². The molecule has 21 heavy (non-hydrogen) atoms. The molecule has 0 N–H and O–H groups in total. The summed E-state index contributed by atoms with van der Waals surface area (Å²) in [5, 5.41) is 0.653. The van der Waals surface area contributed by atoms with E-state index in [9.17, 15) is 13.6 Å². The monoisotopic (exact) mass is 302 g/mol. The molecule has 0 amide bonds. The Balaban J connectivity index is 2.23. The summed E-state index contributed by atoms with van der Waals surface area (Å²) in [6, 6.07) is 13.4. The second kappa shape index (κ2) is 5.26. The van der Waals surface area contributed by atoms with Crippen molar-refractivity contribution in [2.75, 3.05) is 0 Å². The fourth-order valence-corrected chi connectivity index (χ4v) is 2.46. The van der Waals surface area contributed by atoms with E-state index in [1.807, 2.05) is 0 Å². The van der Waals surface area contributed by atoms with E-state index in [0.717, 1.165) is 0 Å². The van der Waals surface area contributed by atoms with Gasteiger partial charge in [0.05, 0.1) is 10.6 Å². The molecular formula is C17H9ClF2O. The third-order valence-electron chi connectivity index (χ3n) is 3.31. The SMILES string of the molecule is O=C(c1cccc(Cl)c1F)c1ccc(F)c2ccccc12. The maximum atomic E-state index is 14.0. The predicted octanol–water partition coefficient (Wildman–Crippen LogP) is 5.00. The summed E-state index contributed by atoms with van der Waals surface area (Å²) in [5.41, 5.74) is 0.118. The molecule has 0 aliphatic heterocycles. The first-order valence-electron chi connectivity index (χ1n) is 6.25. The smallest absolute Gasteiger partial charge is 0.196 e. The van der Waals surface area contributed by atoms with Crippen LogP contribution in [0.5, 0.6) is 0 Å². The van der Waals surface area contributed by atoms with Crippen LogP contribution in [0.25, 0.3) is 10.8 Å². The Kier molecular flexibility index (Phi) is 3.43. The summed E-state index contributed by atoms with van der Waals surface area (Å²) >= 11 is 5.70. The topological polar surface area (TPSA) is 17.1 Å². The van der Waals surface area contributed by atoms with Crippen LogP contribution in [0.3, 0.4) is 0 Å². The van der Waals surface area contributed by atoms with E-state index < -0.39 is 17.4 Å². The van der Waals surface area contributed by atoms with E-state index in [4.69, 9.17) is 11.6 Å². The number of carbonyl (C=O) groups is 1. The highest BCUT2D eigenvalue weighted by atomic mass is 35.5. The molecule has 0 aliphatic rings. The van der Waals surface area contributed by atoms with E-state index in [1.165, 1.54) is 30.3 Å². The number of halogens is 3. The van der Waals surface area contributed by atoms with Gasteiger partial charge < -0.3 is 0 Å². The molecule has 3 rings (SSSR count). The van der Waals surface area contributed by atoms with Crippen LogP contribution in [0.2, 0.25) is 5.02 Å². The van der Waals surface area contributed by atoms with Crippen LogP contribution in [0.15, 0.2) is 54.6 Å². The van der Waals surface area contributed by atoms with Crippen molar-refractivity contribution in [2.24, 2.45) is 0 Å². The molecule has 0 bridgehead atoms. The van der Waals surface area contributed by atoms with Gasteiger partial charge in [0.15, 0.2) is 11.6 Å². The minimum atomic E-state index is -0.766. The van der Waals surface area contributed by atoms with Crippen molar-refractivity contribution < 1.29 is 13.6 Å². The Labute approximate surface area is 124 Å². The highest BCUT2D eigenvalue weighted by molar-refractivity contribution is 6.31. The van der Waals surface area contributed by atoms with Crippen molar-refractivity contribution in [1.82, 2.24) is 0 Å². The maximum Gasteiger partial charge on any atom is 0.196 e. The number of benzene rings is 3. The highest BCUT2D eigenvalue weighted by Crippen LogP contribution is 2.26. The first-order valence-corrected chi connectivity index (χ1v) is 6.63. The van der Waals surface area contributed by atoms with Crippen molar-refractivity contribution in [3.8, 4) is 0 Å². The predicted molar refractivity (Wildman–Crippen MR) is 78.7 cm³/mol. The first kappa shape index (κ1) is 13.7. The van der Waals surface area contributed by atoms with Crippen molar-refractivity contribution in [3.63, 3.8) is 0 Å². The second-order valence-electron chi connectivity index (χ2n) is 4.57. The van der Waals surface area contributed by atoms with Crippen LogP contribution in [-0.4, -0.2) is 5.78 Å². The first-order chi connectivity index (χ1) is 10.1. The molecule has 0 saturated heterocycles. The molecule has 3 aromatic carbocycles. The number of carbonyl (C=O) groups excluding carboxylic acids is 1. The average Bonchev–Trinajstić information content (AvgIpc) is 2.50. The molecule has 0 spiro atoms. The molecule has 0 radical (unpaired) electrons. The van der Waals surface area contributed by atoms with Gasteiger partial charge in [-0.2, -0.15) is 0 Å². The molecule has 104 valence electrons. The largest absolute Gasteiger partial charge is 0.288 e. The molecule has 0 unspecified atom stereocenters. The normalized spacial score (nSPS) is 10.8. The Morgan fingerprint density at radius 2 is 1.52 bits per heavy atom. The quantitative estimate of drug-likeness (QED) is 0.609. The van der Waals surface area contributed by atoms with E-state index in [2.05, 4.69) is 0 Å². The van der Waals surface area contributed by atoms with Crippen molar-refractivity contribution >= 4 is 28.2 Å². The van der Waals surface area contributed by atoms with Gasteiger partial charge in [-0.25, -0.2) is 8.78 Å². The Morgan fingerprint density at radius 3 is 2.29 bits per heavy atom. The average molecular weight is 303 g/mol. The minimum Gasteiger partial charge on any atom is -0.288 e. The summed E-state index contributed by atoms with van der Waals surface area (Å²) in [5.74, 6) is -1.71. The van der Waals surface area contributed by atoms with Crippen LogP contribution >= 0.6 is 11.6 Å². The van der Waals surface area contributed by atoms with Crippen LogP contribution in [-0.2, 0) is 0 Å². The van der Waals surface area contributed by atoms with Gasteiger partial charge in [-0.15, -0.1) is 0 Å². The Morgan fingerprint density at radius 1 is 0.810 bits per heavy atom. The summed E-state index contributed by atoms with van der Waals surface area (Å²) < 4.78 is 27.8. The van der Waals surface area contributed by atoms with Crippen LogP contribution in [0.1, 0.15) is 15.9 Å². The second-order valence-corrected chi connectivity index (χ2v) is 4.98. The number of fused-ring (bicyclic) bond motifs is 1. The van der Waals surface area contributed by atoms with Crippen LogP contribution in [0, 0.1) is 11.6 Å². The molecule has 0 saturated carbocycles. The lowest BCUT2D eigenvalue weighted by molar-refractivity contribution is 0.103. The molecule has 1 nitrogen and oxygen atoms in total. The molecule has 0 aliphatic carbocycles. The highest BCUT2D eigenvalue weighted by Gasteiger charge is 2.18. The third-order valence-corrected chi connectivity index (χ3v) is 3.60.